The number of halogens is 2. The van der Waals surface area contributed by atoms with Crippen LogP contribution in [0.3, 0.4) is 0 Å². The lowest BCUT2D eigenvalue weighted by Gasteiger charge is -2.13. The molecule has 118 valence electrons. The van der Waals surface area contributed by atoms with Crippen molar-refractivity contribution < 1.29 is 9.90 Å². The van der Waals surface area contributed by atoms with Crippen LogP contribution in [0.4, 0.5) is 11.4 Å². The average Bonchev–Trinajstić information content (AvgIpc) is 2.80. The van der Waals surface area contributed by atoms with Crippen LogP contribution in [0, 0.1) is 0 Å². The lowest BCUT2D eigenvalue weighted by molar-refractivity contribution is -0.110. The van der Waals surface area contributed by atoms with Crippen molar-refractivity contribution in [3.8, 4) is 5.75 Å². The molecule has 2 aromatic rings. The summed E-state index contributed by atoms with van der Waals surface area (Å²) in [6, 6.07) is 9.41. The molecule has 6 heteroatoms. The van der Waals surface area contributed by atoms with Crippen LogP contribution < -0.4 is 10.2 Å². The summed E-state index contributed by atoms with van der Waals surface area (Å²) in [6.07, 6.45) is 1.82. The summed E-state index contributed by atoms with van der Waals surface area (Å²) in [6.45, 7) is 0. The molecular weight excluding hydrogens is 424 g/mol. The van der Waals surface area contributed by atoms with Crippen LogP contribution in [0.25, 0.3) is 11.6 Å². The Kier molecular flexibility index (Phi) is 4.21. The number of rotatable bonds is 2. The van der Waals surface area contributed by atoms with Crippen molar-refractivity contribution in [1.29, 1.82) is 0 Å². The molecule has 0 spiro atoms. The zero-order valence-corrected chi connectivity index (χ0v) is 15.7. The number of nitrogens with one attached hydrogen (secondary N) is 1. The average molecular weight is 438 g/mol. The number of carbonyl (C=O) groups is 1. The van der Waals surface area contributed by atoms with Gasteiger partial charge in [-0.2, -0.15) is 0 Å². The maximum Gasteiger partial charge on any atom is 0.256 e. The van der Waals surface area contributed by atoms with Crippen molar-refractivity contribution in [3.05, 3.63) is 50.4 Å². The van der Waals surface area contributed by atoms with Gasteiger partial charge in [0.05, 0.1) is 8.95 Å². The molecule has 1 aliphatic heterocycles. The van der Waals surface area contributed by atoms with Gasteiger partial charge in [0.15, 0.2) is 0 Å². The van der Waals surface area contributed by atoms with E-state index in [1.54, 1.807) is 12.1 Å². The van der Waals surface area contributed by atoms with E-state index in [1.165, 1.54) is 0 Å². The first-order valence-electron chi connectivity index (χ1n) is 6.89. The van der Waals surface area contributed by atoms with Crippen molar-refractivity contribution in [2.45, 2.75) is 0 Å². The maximum atomic E-state index is 12.3. The number of phenolic OH excluding ortho intramolecular Hbond substituents is 1. The summed E-state index contributed by atoms with van der Waals surface area (Å²) in [5.41, 5.74) is 4.13. The number of phenols is 1. The molecule has 4 nitrogen and oxygen atoms in total. The van der Waals surface area contributed by atoms with E-state index in [1.807, 2.05) is 43.3 Å². The number of fused-ring (bicyclic) bond motifs is 1. The van der Waals surface area contributed by atoms with E-state index in [-0.39, 0.29) is 11.7 Å². The molecule has 0 unspecified atom stereocenters. The van der Waals surface area contributed by atoms with Crippen molar-refractivity contribution in [1.82, 2.24) is 0 Å². The predicted octanol–water partition coefficient (Wildman–Crippen LogP) is 4.48. The van der Waals surface area contributed by atoms with Gasteiger partial charge in [-0.15, -0.1) is 0 Å². The fraction of sp³-hybridized carbons (Fsp3) is 0.118. The molecule has 1 heterocycles. The predicted molar refractivity (Wildman–Crippen MR) is 101 cm³/mol. The zero-order chi connectivity index (χ0) is 16.7. The molecular formula is C17H14Br2N2O2. The molecule has 0 bridgehead atoms. The third kappa shape index (κ3) is 3.01. The molecule has 23 heavy (non-hydrogen) atoms. The number of carbonyl (C=O) groups excluding carboxylic acids is 1. The van der Waals surface area contributed by atoms with Crippen LogP contribution in [0.5, 0.6) is 5.75 Å². The Hall–Kier alpha value is -1.79. The largest absolute Gasteiger partial charge is 0.506 e. The van der Waals surface area contributed by atoms with E-state index in [0.29, 0.717) is 14.5 Å². The SMILES string of the molecule is CN(C)c1ccc2c(c1)C(=Cc1cc(Br)c(O)c(Br)c1)C(=O)N2. The van der Waals surface area contributed by atoms with Crippen LogP contribution in [0.15, 0.2) is 39.3 Å². The fourth-order valence-corrected chi connectivity index (χ4v) is 3.65. The lowest BCUT2D eigenvalue weighted by atomic mass is 10.0. The fourth-order valence-electron chi connectivity index (χ4n) is 2.43. The topological polar surface area (TPSA) is 52.6 Å². The molecule has 0 saturated carbocycles. The van der Waals surface area contributed by atoms with E-state index in [2.05, 4.69) is 37.2 Å². The Labute approximate surface area is 151 Å². The summed E-state index contributed by atoms with van der Waals surface area (Å²) in [7, 11) is 3.92. The summed E-state index contributed by atoms with van der Waals surface area (Å²) in [5, 5.41) is 12.7. The first-order valence-corrected chi connectivity index (χ1v) is 8.48. The lowest BCUT2D eigenvalue weighted by Crippen LogP contribution is -2.08. The Bertz CT molecular complexity index is 821. The number of hydrogen-bond donors (Lipinski definition) is 2. The highest BCUT2D eigenvalue weighted by Gasteiger charge is 2.24. The quantitative estimate of drug-likeness (QED) is 0.681. The summed E-state index contributed by atoms with van der Waals surface area (Å²) < 4.78 is 1.14. The van der Waals surface area contributed by atoms with E-state index < -0.39 is 0 Å². The van der Waals surface area contributed by atoms with Crippen molar-refractivity contribution in [2.75, 3.05) is 24.3 Å². The minimum Gasteiger partial charge on any atom is -0.506 e. The van der Waals surface area contributed by atoms with Gasteiger partial charge in [0, 0.05) is 36.6 Å². The van der Waals surface area contributed by atoms with Gasteiger partial charge < -0.3 is 15.3 Å². The molecule has 0 atom stereocenters. The number of hydrogen-bond acceptors (Lipinski definition) is 3. The molecule has 2 aromatic carbocycles. The van der Waals surface area contributed by atoms with Crippen LogP contribution in [-0.2, 0) is 4.79 Å². The summed E-state index contributed by atoms with van der Waals surface area (Å²) in [5.74, 6) is 0.00884. The Morgan fingerprint density at radius 2 is 1.78 bits per heavy atom. The molecule has 1 amide bonds. The Morgan fingerprint density at radius 3 is 2.39 bits per heavy atom. The molecule has 3 rings (SSSR count). The highest BCUT2D eigenvalue weighted by molar-refractivity contribution is 9.11. The van der Waals surface area contributed by atoms with Crippen molar-refractivity contribution in [2.24, 2.45) is 0 Å². The monoisotopic (exact) mass is 436 g/mol. The first kappa shape index (κ1) is 16.1. The molecule has 0 fully saturated rings. The molecule has 2 N–H and O–H groups in total. The third-order valence-corrected chi connectivity index (χ3v) is 4.86. The minimum atomic E-state index is -0.128. The number of benzene rings is 2. The second kappa shape index (κ2) is 6.02. The van der Waals surface area contributed by atoms with E-state index in [4.69, 9.17) is 0 Å². The van der Waals surface area contributed by atoms with E-state index >= 15 is 0 Å². The van der Waals surface area contributed by atoms with E-state index in [0.717, 1.165) is 22.5 Å². The normalized spacial score (nSPS) is 14.8. The van der Waals surface area contributed by atoms with Gasteiger partial charge in [-0.3, -0.25) is 4.79 Å². The molecule has 0 saturated heterocycles. The zero-order valence-electron chi connectivity index (χ0n) is 12.5. The first-order chi connectivity index (χ1) is 10.9. The van der Waals surface area contributed by atoms with Gasteiger partial charge in [0.2, 0.25) is 0 Å². The van der Waals surface area contributed by atoms with Gasteiger partial charge in [0.25, 0.3) is 5.91 Å². The summed E-state index contributed by atoms with van der Waals surface area (Å²) >= 11 is 6.61. The van der Waals surface area contributed by atoms with Crippen LogP contribution in [0.2, 0.25) is 0 Å². The second-order valence-electron chi connectivity index (χ2n) is 5.47. The van der Waals surface area contributed by atoms with Gasteiger partial charge in [-0.25, -0.2) is 0 Å². The van der Waals surface area contributed by atoms with Crippen molar-refractivity contribution in [3.63, 3.8) is 0 Å². The second-order valence-corrected chi connectivity index (χ2v) is 7.18. The Balaban J connectivity index is 2.11. The number of amides is 1. The summed E-state index contributed by atoms with van der Waals surface area (Å²) in [4.78, 5) is 14.3. The van der Waals surface area contributed by atoms with Crippen LogP contribution in [0.1, 0.15) is 11.1 Å². The smallest absolute Gasteiger partial charge is 0.256 e. The molecule has 0 aromatic heterocycles. The van der Waals surface area contributed by atoms with Gasteiger partial charge in [-0.05, 0) is 73.8 Å². The number of anilines is 2. The maximum absolute atomic E-state index is 12.3. The van der Waals surface area contributed by atoms with Gasteiger partial charge in [-0.1, -0.05) is 0 Å². The van der Waals surface area contributed by atoms with Crippen LogP contribution >= 0.6 is 31.9 Å². The highest BCUT2D eigenvalue weighted by Crippen LogP contribution is 2.38. The van der Waals surface area contributed by atoms with Gasteiger partial charge in [0.1, 0.15) is 5.75 Å². The molecule has 0 radical (unpaired) electrons. The van der Waals surface area contributed by atoms with Gasteiger partial charge >= 0.3 is 0 Å². The van der Waals surface area contributed by atoms with E-state index in [9.17, 15) is 9.90 Å². The van der Waals surface area contributed by atoms with Crippen molar-refractivity contribution >= 4 is 60.8 Å². The van der Waals surface area contributed by atoms with Crippen LogP contribution in [-0.4, -0.2) is 25.1 Å². The molecule has 0 aliphatic carbocycles. The third-order valence-electron chi connectivity index (χ3n) is 3.65. The standard InChI is InChI=1S/C17H14Br2N2O2/c1-21(2)10-3-4-15-11(8-10)12(17(23)20-15)5-9-6-13(18)16(22)14(19)7-9/h3-8,22H,1-2H3,(H,20,23). The number of aromatic hydroxyl groups is 1. The minimum absolute atomic E-state index is 0.128. The number of nitrogens with zero attached hydrogens (tertiary/aromatic N) is 1. The molecule has 1 aliphatic rings. The highest BCUT2D eigenvalue weighted by atomic mass is 79.9. The Morgan fingerprint density at radius 1 is 1.13 bits per heavy atom.